The van der Waals surface area contributed by atoms with Crippen LogP contribution >= 0.6 is 0 Å². The van der Waals surface area contributed by atoms with E-state index >= 15 is 0 Å². The number of hydrogen-bond donors (Lipinski definition) is 0. The number of fused-ring (bicyclic) bond motifs is 1. The van der Waals surface area contributed by atoms with E-state index in [9.17, 15) is 4.79 Å². The Morgan fingerprint density at radius 1 is 0.926 bits per heavy atom. The molecule has 0 aliphatic heterocycles. The van der Waals surface area contributed by atoms with E-state index in [1.807, 2.05) is 74.5 Å². The van der Waals surface area contributed by atoms with E-state index in [4.69, 9.17) is 14.2 Å². The van der Waals surface area contributed by atoms with Crippen molar-refractivity contribution in [3.63, 3.8) is 0 Å². The van der Waals surface area contributed by atoms with Gasteiger partial charge in [-0.2, -0.15) is 0 Å². The molecule has 0 heterocycles. The number of carbonyl (C=O) groups is 1. The molecule has 0 saturated heterocycles. The Morgan fingerprint density at radius 2 is 1.59 bits per heavy atom. The summed E-state index contributed by atoms with van der Waals surface area (Å²) in [5.41, 5.74) is 1.30. The van der Waals surface area contributed by atoms with Crippen LogP contribution in [0.3, 0.4) is 0 Å². The van der Waals surface area contributed by atoms with Crippen LogP contribution in [-0.2, 0) is 4.74 Å². The summed E-state index contributed by atoms with van der Waals surface area (Å²) in [7, 11) is 1.55. The highest BCUT2D eigenvalue weighted by atomic mass is 16.5. The number of methoxy groups -OCH3 is 1. The molecule has 1 atom stereocenters. The lowest BCUT2D eigenvalue weighted by atomic mass is 9.94. The van der Waals surface area contributed by atoms with Gasteiger partial charge in [-0.1, -0.05) is 54.6 Å². The second kappa shape index (κ2) is 8.69. The second-order valence-electron chi connectivity index (χ2n) is 6.06. The Bertz CT molecular complexity index is 918. The fraction of sp³-hybridized carbons (Fsp3) is 0.261. The monoisotopic (exact) mass is 364 g/mol. The van der Waals surface area contributed by atoms with Crippen molar-refractivity contribution >= 4 is 16.6 Å². The normalized spacial score (nSPS) is 12.0. The molecule has 0 amide bonds. The van der Waals surface area contributed by atoms with Crippen LogP contribution in [0.5, 0.6) is 11.5 Å². The summed E-state index contributed by atoms with van der Waals surface area (Å²) in [6.45, 7) is 4.72. The molecule has 4 nitrogen and oxygen atoms in total. The van der Waals surface area contributed by atoms with Gasteiger partial charge in [-0.3, -0.25) is 4.79 Å². The van der Waals surface area contributed by atoms with Crippen molar-refractivity contribution in [1.29, 1.82) is 0 Å². The van der Waals surface area contributed by atoms with Gasteiger partial charge in [0, 0.05) is 7.11 Å². The van der Waals surface area contributed by atoms with Crippen LogP contribution in [0.2, 0.25) is 0 Å². The summed E-state index contributed by atoms with van der Waals surface area (Å²) in [5, 5.41) is 1.75. The van der Waals surface area contributed by atoms with Crippen LogP contribution in [0.15, 0.2) is 60.7 Å². The largest absolute Gasteiger partial charge is 0.490 e. The van der Waals surface area contributed by atoms with Gasteiger partial charge in [-0.15, -0.1) is 0 Å². The molecule has 27 heavy (non-hydrogen) atoms. The fourth-order valence-corrected chi connectivity index (χ4v) is 3.25. The van der Waals surface area contributed by atoms with E-state index in [2.05, 4.69) is 0 Å². The van der Waals surface area contributed by atoms with Gasteiger partial charge in [-0.05, 0) is 36.2 Å². The molecule has 4 heteroatoms. The van der Waals surface area contributed by atoms with Gasteiger partial charge < -0.3 is 14.2 Å². The zero-order valence-electron chi connectivity index (χ0n) is 15.9. The number of Topliss-reactive ketones (excluding diaryl/α,β-unsaturated/α-hetero) is 1. The lowest BCUT2D eigenvalue weighted by Crippen LogP contribution is -2.17. The summed E-state index contributed by atoms with van der Waals surface area (Å²) in [6, 6.07) is 19.2. The van der Waals surface area contributed by atoms with E-state index in [1.54, 1.807) is 7.11 Å². The van der Waals surface area contributed by atoms with Gasteiger partial charge in [0.05, 0.1) is 18.8 Å². The summed E-state index contributed by atoms with van der Waals surface area (Å²) in [6.07, 6.45) is -0.717. The third-order valence-corrected chi connectivity index (χ3v) is 4.38. The molecule has 3 aromatic rings. The van der Waals surface area contributed by atoms with Gasteiger partial charge in [0.25, 0.3) is 0 Å². The van der Waals surface area contributed by atoms with Gasteiger partial charge in [-0.25, -0.2) is 0 Å². The zero-order chi connectivity index (χ0) is 19.2. The van der Waals surface area contributed by atoms with Crippen LogP contribution < -0.4 is 9.47 Å². The molecule has 0 fully saturated rings. The van der Waals surface area contributed by atoms with Crippen molar-refractivity contribution in [2.45, 2.75) is 20.0 Å². The molecule has 140 valence electrons. The second-order valence-corrected chi connectivity index (χ2v) is 6.06. The summed E-state index contributed by atoms with van der Waals surface area (Å²) in [5.74, 6) is 0.898. The molecular weight excluding hydrogens is 340 g/mol. The minimum Gasteiger partial charge on any atom is -0.490 e. The first-order valence-corrected chi connectivity index (χ1v) is 9.14. The van der Waals surface area contributed by atoms with E-state index < -0.39 is 6.10 Å². The van der Waals surface area contributed by atoms with E-state index in [1.165, 1.54) is 0 Å². The first-order valence-electron chi connectivity index (χ1n) is 9.14. The fourth-order valence-electron chi connectivity index (χ4n) is 3.25. The van der Waals surface area contributed by atoms with E-state index in [-0.39, 0.29) is 5.78 Å². The molecule has 0 saturated carbocycles. The number of ketones is 1. The molecule has 0 aromatic heterocycles. The van der Waals surface area contributed by atoms with Gasteiger partial charge >= 0.3 is 0 Å². The lowest BCUT2D eigenvalue weighted by molar-refractivity contribution is 0.0602. The minimum atomic E-state index is -0.717. The number of ether oxygens (including phenoxy) is 3. The predicted molar refractivity (Wildman–Crippen MR) is 107 cm³/mol. The standard InChI is InChI=1S/C23H24O4/c1-4-26-19-15-17-13-9-10-14-18(17)20(23(19)27-5-2)21(24)22(25-3)16-11-7-6-8-12-16/h6-15,22H,4-5H2,1-3H3/t22-/m1/s1. The van der Waals surface area contributed by atoms with Crippen LogP contribution in [-0.4, -0.2) is 26.1 Å². The molecule has 3 rings (SSSR count). The lowest BCUT2D eigenvalue weighted by Gasteiger charge is -2.21. The highest BCUT2D eigenvalue weighted by molar-refractivity contribution is 6.13. The Hall–Kier alpha value is -2.85. The number of benzene rings is 3. The highest BCUT2D eigenvalue weighted by Crippen LogP contribution is 2.40. The highest BCUT2D eigenvalue weighted by Gasteiger charge is 2.28. The van der Waals surface area contributed by atoms with Gasteiger partial charge in [0.2, 0.25) is 5.78 Å². The van der Waals surface area contributed by atoms with Crippen molar-refractivity contribution in [2.24, 2.45) is 0 Å². The topological polar surface area (TPSA) is 44.8 Å². The number of rotatable bonds is 8. The van der Waals surface area contributed by atoms with Crippen molar-refractivity contribution in [3.05, 3.63) is 71.8 Å². The molecule has 0 spiro atoms. The molecule has 0 radical (unpaired) electrons. The molecule has 0 aliphatic rings. The van der Waals surface area contributed by atoms with Crippen molar-refractivity contribution in [1.82, 2.24) is 0 Å². The van der Waals surface area contributed by atoms with Crippen molar-refractivity contribution in [2.75, 3.05) is 20.3 Å². The first-order chi connectivity index (χ1) is 13.2. The third kappa shape index (κ3) is 3.81. The van der Waals surface area contributed by atoms with Crippen molar-refractivity contribution in [3.8, 4) is 11.5 Å². The molecule has 3 aromatic carbocycles. The Morgan fingerprint density at radius 3 is 2.26 bits per heavy atom. The predicted octanol–water partition coefficient (Wildman–Crippen LogP) is 5.21. The number of hydrogen-bond acceptors (Lipinski definition) is 4. The summed E-state index contributed by atoms with van der Waals surface area (Å²) >= 11 is 0. The van der Waals surface area contributed by atoms with Crippen LogP contribution in [0.25, 0.3) is 10.8 Å². The maximum atomic E-state index is 13.6. The summed E-state index contributed by atoms with van der Waals surface area (Å²) in [4.78, 5) is 13.6. The van der Waals surface area contributed by atoms with Crippen LogP contribution in [0.4, 0.5) is 0 Å². The molecule has 0 unspecified atom stereocenters. The zero-order valence-corrected chi connectivity index (χ0v) is 15.9. The SMILES string of the molecule is CCOc1cc2ccccc2c(C(=O)[C@H](OC)c2ccccc2)c1OCC. The van der Waals surface area contributed by atoms with Gasteiger partial charge in [0.15, 0.2) is 11.5 Å². The Balaban J connectivity index is 2.23. The average molecular weight is 364 g/mol. The molecular formula is C23H24O4. The van der Waals surface area contributed by atoms with E-state index in [0.717, 1.165) is 16.3 Å². The Kier molecular flexibility index (Phi) is 6.09. The first kappa shape index (κ1) is 18.9. The van der Waals surface area contributed by atoms with Crippen LogP contribution in [0.1, 0.15) is 35.9 Å². The average Bonchev–Trinajstić information content (AvgIpc) is 2.70. The molecule has 0 bridgehead atoms. The molecule has 0 N–H and O–H groups in total. The minimum absolute atomic E-state index is 0.148. The maximum absolute atomic E-state index is 13.6. The van der Waals surface area contributed by atoms with Crippen LogP contribution in [0, 0.1) is 0 Å². The quantitative estimate of drug-likeness (QED) is 0.515. The molecule has 0 aliphatic carbocycles. The Labute approximate surface area is 159 Å². The van der Waals surface area contributed by atoms with Crippen molar-refractivity contribution < 1.29 is 19.0 Å². The van der Waals surface area contributed by atoms with Gasteiger partial charge in [0.1, 0.15) is 6.10 Å². The third-order valence-electron chi connectivity index (χ3n) is 4.38. The number of carbonyl (C=O) groups excluding carboxylic acids is 1. The summed E-state index contributed by atoms with van der Waals surface area (Å²) < 4.78 is 17.3. The smallest absolute Gasteiger partial charge is 0.200 e. The van der Waals surface area contributed by atoms with E-state index in [0.29, 0.717) is 30.3 Å². The maximum Gasteiger partial charge on any atom is 0.200 e.